The average Bonchev–Trinajstić information content (AvgIpc) is 2.62. The number of thiocarbonyl (C=S) groups is 1. The van der Waals surface area contributed by atoms with E-state index in [2.05, 4.69) is 21.2 Å². The Balaban J connectivity index is 1.92. The summed E-state index contributed by atoms with van der Waals surface area (Å²) in [7, 11) is 1.39. The number of nitrogens with one attached hydrogen (secondary N) is 1. The standard InChI is InChI=1S/C19H17BrN2O3S/c1-19-15(17(23)24-2)16(13-10-11(20)8-9-14(13)25-19)21-18(26)22(19)12-6-4-3-5-7-12/h3-10,15-16H,1-2H3,(H,21,26)/t15-,16-,19-/m0/s1. The second kappa shape index (κ2) is 6.25. The molecular formula is C19H17BrN2O3S. The van der Waals surface area contributed by atoms with Crippen LogP contribution in [0, 0.1) is 5.92 Å². The molecule has 1 saturated heterocycles. The number of esters is 1. The number of ether oxygens (including phenoxy) is 2. The van der Waals surface area contributed by atoms with Crippen molar-refractivity contribution in [2.24, 2.45) is 5.92 Å². The number of nitrogens with zero attached hydrogens (tertiary/aromatic N) is 1. The summed E-state index contributed by atoms with van der Waals surface area (Å²) in [6, 6.07) is 15.1. The molecule has 7 heteroatoms. The second-order valence-corrected chi connectivity index (χ2v) is 7.74. The van der Waals surface area contributed by atoms with E-state index >= 15 is 0 Å². The van der Waals surface area contributed by atoms with E-state index in [0.717, 1.165) is 21.5 Å². The van der Waals surface area contributed by atoms with Crippen LogP contribution >= 0.6 is 28.1 Å². The predicted octanol–water partition coefficient (Wildman–Crippen LogP) is 3.78. The van der Waals surface area contributed by atoms with E-state index in [1.807, 2.05) is 60.4 Å². The molecule has 26 heavy (non-hydrogen) atoms. The Bertz CT molecular complexity index is 892. The van der Waals surface area contributed by atoms with E-state index in [4.69, 9.17) is 21.7 Å². The van der Waals surface area contributed by atoms with E-state index in [-0.39, 0.29) is 12.0 Å². The van der Waals surface area contributed by atoms with Crippen LogP contribution < -0.4 is 15.0 Å². The van der Waals surface area contributed by atoms with Gasteiger partial charge in [-0.3, -0.25) is 9.69 Å². The number of carbonyl (C=O) groups excluding carboxylic acids is 1. The van der Waals surface area contributed by atoms with Crippen molar-refractivity contribution in [3.63, 3.8) is 0 Å². The van der Waals surface area contributed by atoms with Gasteiger partial charge in [-0.15, -0.1) is 0 Å². The van der Waals surface area contributed by atoms with Gasteiger partial charge >= 0.3 is 5.97 Å². The fraction of sp³-hybridized carbons (Fsp3) is 0.263. The van der Waals surface area contributed by atoms with Gasteiger partial charge in [-0.05, 0) is 49.5 Å². The fourth-order valence-electron chi connectivity index (χ4n) is 3.81. The van der Waals surface area contributed by atoms with E-state index in [0.29, 0.717) is 5.11 Å². The first-order valence-electron chi connectivity index (χ1n) is 8.18. The summed E-state index contributed by atoms with van der Waals surface area (Å²) in [4.78, 5) is 14.6. The maximum atomic E-state index is 12.7. The monoisotopic (exact) mass is 432 g/mol. The second-order valence-electron chi connectivity index (χ2n) is 6.44. The van der Waals surface area contributed by atoms with Crippen molar-refractivity contribution >= 4 is 44.9 Å². The third-order valence-electron chi connectivity index (χ3n) is 4.93. The molecule has 0 aromatic heterocycles. The number of anilines is 1. The van der Waals surface area contributed by atoms with Crippen LogP contribution in [0.15, 0.2) is 53.0 Å². The van der Waals surface area contributed by atoms with Gasteiger partial charge in [0.2, 0.25) is 5.72 Å². The normalized spacial score (nSPS) is 26.4. The molecule has 0 aliphatic carbocycles. The molecule has 0 radical (unpaired) electrons. The van der Waals surface area contributed by atoms with Gasteiger partial charge in [0.25, 0.3) is 0 Å². The number of para-hydroxylation sites is 1. The lowest BCUT2D eigenvalue weighted by atomic mass is 9.79. The molecule has 2 aliphatic rings. The van der Waals surface area contributed by atoms with Crippen molar-refractivity contribution < 1.29 is 14.3 Å². The van der Waals surface area contributed by atoms with Gasteiger partial charge in [-0.25, -0.2) is 0 Å². The molecule has 0 amide bonds. The van der Waals surface area contributed by atoms with Crippen molar-refractivity contribution in [1.82, 2.24) is 5.32 Å². The Morgan fingerprint density at radius 3 is 2.73 bits per heavy atom. The van der Waals surface area contributed by atoms with Crippen LogP contribution in [0.4, 0.5) is 5.69 Å². The van der Waals surface area contributed by atoms with Crippen LogP contribution in [-0.4, -0.2) is 23.9 Å². The molecule has 0 spiro atoms. The zero-order valence-electron chi connectivity index (χ0n) is 14.2. The summed E-state index contributed by atoms with van der Waals surface area (Å²) >= 11 is 9.13. The molecule has 0 saturated carbocycles. The zero-order chi connectivity index (χ0) is 18.5. The smallest absolute Gasteiger partial charge is 0.317 e. The van der Waals surface area contributed by atoms with Crippen molar-refractivity contribution in [3.05, 3.63) is 58.6 Å². The number of methoxy groups -OCH3 is 1. The Morgan fingerprint density at radius 2 is 2.04 bits per heavy atom. The van der Waals surface area contributed by atoms with E-state index in [1.165, 1.54) is 7.11 Å². The number of hydrogen-bond acceptors (Lipinski definition) is 4. The van der Waals surface area contributed by atoms with Crippen molar-refractivity contribution in [2.75, 3.05) is 12.0 Å². The molecule has 0 unspecified atom stereocenters. The summed E-state index contributed by atoms with van der Waals surface area (Å²) < 4.78 is 12.4. The van der Waals surface area contributed by atoms with Crippen LogP contribution in [0.3, 0.4) is 0 Å². The number of hydrogen-bond donors (Lipinski definition) is 1. The van der Waals surface area contributed by atoms with Gasteiger partial charge in [-0.2, -0.15) is 0 Å². The van der Waals surface area contributed by atoms with E-state index in [9.17, 15) is 4.79 Å². The molecule has 2 heterocycles. The first-order chi connectivity index (χ1) is 12.5. The molecule has 2 aliphatic heterocycles. The largest absolute Gasteiger partial charge is 0.469 e. The number of fused-ring (bicyclic) bond motifs is 4. The minimum Gasteiger partial charge on any atom is -0.469 e. The third kappa shape index (κ3) is 2.49. The third-order valence-corrected chi connectivity index (χ3v) is 5.72. The summed E-state index contributed by atoms with van der Waals surface area (Å²) in [5, 5.41) is 3.83. The lowest BCUT2D eigenvalue weighted by Gasteiger charge is -2.55. The Morgan fingerprint density at radius 1 is 1.31 bits per heavy atom. The van der Waals surface area contributed by atoms with Crippen molar-refractivity contribution in [3.8, 4) is 5.75 Å². The summed E-state index contributed by atoms with van der Waals surface area (Å²) in [5.74, 6) is -0.225. The first-order valence-corrected chi connectivity index (χ1v) is 9.38. The highest BCUT2D eigenvalue weighted by Gasteiger charge is 2.59. The lowest BCUT2D eigenvalue weighted by Crippen LogP contribution is -2.71. The number of rotatable bonds is 2. The summed E-state index contributed by atoms with van der Waals surface area (Å²) in [5.41, 5.74) is 0.713. The fourth-order valence-corrected chi connectivity index (χ4v) is 4.60. The molecule has 3 atom stereocenters. The van der Waals surface area contributed by atoms with Gasteiger partial charge in [-0.1, -0.05) is 34.1 Å². The van der Waals surface area contributed by atoms with Crippen LogP contribution in [0.25, 0.3) is 0 Å². The number of benzene rings is 2. The van der Waals surface area contributed by atoms with Gasteiger partial charge in [0, 0.05) is 15.7 Å². The summed E-state index contributed by atoms with van der Waals surface area (Å²) in [6.07, 6.45) is 0. The van der Waals surface area contributed by atoms with Gasteiger partial charge in [0.1, 0.15) is 11.7 Å². The molecule has 2 aromatic carbocycles. The SMILES string of the molecule is COC(=O)[C@@H]1[C@H]2NC(=S)N(c3ccccc3)[C@@]1(C)Oc1ccc(Br)cc12. The average molecular weight is 433 g/mol. The molecule has 1 N–H and O–H groups in total. The molecule has 4 rings (SSSR count). The lowest BCUT2D eigenvalue weighted by molar-refractivity contribution is -0.157. The Kier molecular flexibility index (Phi) is 4.16. The quantitative estimate of drug-likeness (QED) is 0.575. The van der Waals surface area contributed by atoms with Crippen LogP contribution in [0.1, 0.15) is 18.5 Å². The Labute approximate surface area is 165 Å². The van der Waals surface area contributed by atoms with Gasteiger partial charge in [0.15, 0.2) is 5.11 Å². The molecule has 1 fully saturated rings. The van der Waals surface area contributed by atoms with Gasteiger partial charge in [0.05, 0.1) is 13.2 Å². The highest BCUT2D eigenvalue weighted by Crippen LogP contribution is 2.50. The maximum absolute atomic E-state index is 12.7. The minimum atomic E-state index is -1.01. The van der Waals surface area contributed by atoms with Crippen molar-refractivity contribution in [1.29, 1.82) is 0 Å². The van der Waals surface area contributed by atoms with Crippen LogP contribution in [-0.2, 0) is 9.53 Å². The van der Waals surface area contributed by atoms with Crippen molar-refractivity contribution in [2.45, 2.75) is 18.7 Å². The molecule has 5 nitrogen and oxygen atoms in total. The van der Waals surface area contributed by atoms with Crippen LogP contribution in [0.2, 0.25) is 0 Å². The molecular weight excluding hydrogens is 416 g/mol. The maximum Gasteiger partial charge on any atom is 0.317 e. The molecule has 134 valence electrons. The highest BCUT2D eigenvalue weighted by atomic mass is 79.9. The predicted molar refractivity (Wildman–Crippen MR) is 106 cm³/mol. The zero-order valence-corrected chi connectivity index (χ0v) is 16.6. The minimum absolute atomic E-state index is 0.332. The van der Waals surface area contributed by atoms with Gasteiger partial charge < -0.3 is 14.8 Å². The number of carbonyl (C=O) groups is 1. The first kappa shape index (κ1) is 17.3. The topological polar surface area (TPSA) is 50.8 Å². The van der Waals surface area contributed by atoms with Crippen LogP contribution in [0.5, 0.6) is 5.75 Å². The molecule has 2 aromatic rings. The number of halogens is 1. The van der Waals surface area contributed by atoms with E-state index in [1.54, 1.807) is 0 Å². The van der Waals surface area contributed by atoms with E-state index < -0.39 is 11.6 Å². The Hall–Kier alpha value is -2.12. The highest BCUT2D eigenvalue weighted by molar-refractivity contribution is 9.10. The summed E-state index contributed by atoms with van der Waals surface area (Å²) in [6.45, 7) is 1.88. The molecule has 2 bridgehead atoms.